The first-order chi connectivity index (χ1) is 18.6. The van der Waals surface area contributed by atoms with Gasteiger partial charge in [0.1, 0.15) is 11.6 Å². The minimum Gasteiger partial charge on any atom is -0.349 e. The number of benzene rings is 2. The van der Waals surface area contributed by atoms with E-state index in [1.807, 2.05) is 30.3 Å². The van der Waals surface area contributed by atoms with Crippen molar-refractivity contribution in [3.05, 3.63) is 65.7 Å². The van der Waals surface area contributed by atoms with Crippen LogP contribution in [0.5, 0.6) is 0 Å². The maximum Gasteiger partial charge on any atom is 0.248 e. The Kier molecular flexibility index (Phi) is 9.64. The van der Waals surface area contributed by atoms with Gasteiger partial charge in [0.2, 0.25) is 17.7 Å². The molecule has 1 aliphatic carbocycles. The number of hydrogen-bond acceptors (Lipinski definition) is 3. The maximum absolute atomic E-state index is 13.9. The van der Waals surface area contributed by atoms with E-state index in [9.17, 15) is 27.2 Å². The third-order valence-corrected chi connectivity index (χ3v) is 8.13. The molecule has 0 bridgehead atoms. The molecule has 2 N–H and O–H groups in total. The fraction of sp³-hybridized carbons (Fsp3) is 0.533. The van der Waals surface area contributed by atoms with Crippen LogP contribution in [-0.4, -0.2) is 41.8 Å². The van der Waals surface area contributed by atoms with Gasteiger partial charge in [0.25, 0.3) is 0 Å². The van der Waals surface area contributed by atoms with Gasteiger partial charge >= 0.3 is 0 Å². The highest BCUT2D eigenvalue weighted by molar-refractivity contribution is 5.91. The standard InChI is InChI=1S/C30H37F4N3O2/c1-20(37-15-11-21(12-16-37)18-28(38)35-26-8-7-24(31)19-25(26)32)17-27(22-5-3-2-4-6-22)36-29(39)23-9-13-30(33,34)14-10-23/h2-8,19-21,23,27H,9-18H2,1H3,(H,35,38)(H,36,39)/t20-,27+/m1/s1. The van der Waals surface area contributed by atoms with Gasteiger partial charge in [-0.25, -0.2) is 17.6 Å². The SMILES string of the molecule is C[C@H](C[C@H](NC(=O)C1CCC(F)(F)CC1)c1ccccc1)N1CCC(CC(=O)Nc2ccc(F)cc2F)CC1. The molecule has 1 heterocycles. The number of nitrogens with zero attached hydrogens (tertiary/aromatic N) is 1. The fourth-order valence-corrected chi connectivity index (χ4v) is 5.70. The van der Waals surface area contributed by atoms with Gasteiger partial charge in [0.15, 0.2) is 0 Å². The van der Waals surface area contributed by atoms with Crippen molar-refractivity contribution in [3.63, 3.8) is 0 Å². The van der Waals surface area contributed by atoms with Crippen LogP contribution < -0.4 is 10.6 Å². The summed E-state index contributed by atoms with van der Waals surface area (Å²) in [4.78, 5) is 27.8. The Hall–Kier alpha value is -2.94. The maximum atomic E-state index is 13.9. The molecule has 2 aromatic rings. The molecule has 0 aromatic heterocycles. The molecular formula is C30H37F4N3O2. The van der Waals surface area contributed by atoms with Gasteiger partial charge in [0.05, 0.1) is 11.7 Å². The van der Waals surface area contributed by atoms with E-state index >= 15 is 0 Å². The summed E-state index contributed by atoms with van der Waals surface area (Å²) in [6, 6.07) is 12.7. The lowest BCUT2D eigenvalue weighted by molar-refractivity contribution is -0.130. The smallest absolute Gasteiger partial charge is 0.248 e. The van der Waals surface area contributed by atoms with Crippen LogP contribution in [0, 0.1) is 23.5 Å². The normalized spacial score (nSPS) is 20.2. The third kappa shape index (κ3) is 8.27. The third-order valence-electron chi connectivity index (χ3n) is 8.13. The summed E-state index contributed by atoms with van der Waals surface area (Å²) >= 11 is 0. The molecule has 212 valence electrons. The van der Waals surface area contributed by atoms with E-state index < -0.39 is 23.5 Å². The van der Waals surface area contributed by atoms with Crippen molar-refractivity contribution < 1.29 is 27.2 Å². The molecule has 1 aliphatic heterocycles. The zero-order chi connectivity index (χ0) is 28.0. The van der Waals surface area contributed by atoms with E-state index in [1.165, 1.54) is 6.07 Å². The number of rotatable bonds is 9. The Bertz CT molecular complexity index is 1110. The van der Waals surface area contributed by atoms with Crippen LogP contribution in [0.3, 0.4) is 0 Å². The molecule has 0 unspecified atom stereocenters. The van der Waals surface area contributed by atoms with Crippen LogP contribution in [0.25, 0.3) is 0 Å². The predicted molar refractivity (Wildman–Crippen MR) is 142 cm³/mol. The molecule has 2 fully saturated rings. The number of likely N-dealkylation sites (tertiary alicyclic amines) is 1. The Balaban J connectivity index is 1.28. The summed E-state index contributed by atoms with van der Waals surface area (Å²) in [5, 5.41) is 5.69. The Labute approximate surface area is 227 Å². The molecule has 4 rings (SSSR count). The highest BCUT2D eigenvalue weighted by Crippen LogP contribution is 2.37. The number of halogens is 4. The van der Waals surface area contributed by atoms with Gasteiger partial charge < -0.3 is 15.5 Å². The van der Waals surface area contributed by atoms with Crippen LogP contribution in [0.15, 0.2) is 48.5 Å². The molecule has 2 atom stereocenters. The van der Waals surface area contributed by atoms with Gasteiger partial charge in [-0.05, 0) is 75.7 Å². The number of nitrogens with one attached hydrogen (secondary N) is 2. The van der Waals surface area contributed by atoms with Crippen molar-refractivity contribution in [1.82, 2.24) is 10.2 Å². The van der Waals surface area contributed by atoms with E-state index in [0.29, 0.717) is 6.42 Å². The van der Waals surface area contributed by atoms with Crippen LogP contribution in [0.2, 0.25) is 0 Å². The lowest BCUT2D eigenvalue weighted by atomic mass is 9.85. The molecular weight excluding hydrogens is 510 g/mol. The molecule has 0 spiro atoms. The number of alkyl halides is 2. The van der Waals surface area contributed by atoms with E-state index in [2.05, 4.69) is 22.5 Å². The molecule has 1 saturated heterocycles. The summed E-state index contributed by atoms with van der Waals surface area (Å²) in [6.07, 6.45) is 2.46. The lowest BCUT2D eigenvalue weighted by Crippen LogP contribution is -2.44. The molecule has 5 nitrogen and oxygen atoms in total. The average Bonchev–Trinajstić information content (AvgIpc) is 2.90. The highest BCUT2D eigenvalue weighted by atomic mass is 19.3. The van der Waals surface area contributed by atoms with Crippen molar-refractivity contribution in [2.24, 2.45) is 11.8 Å². The van der Waals surface area contributed by atoms with Crippen molar-refractivity contribution in [1.29, 1.82) is 0 Å². The van der Waals surface area contributed by atoms with E-state index in [-0.39, 0.29) is 67.6 Å². The van der Waals surface area contributed by atoms with Gasteiger partial charge in [-0.1, -0.05) is 30.3 Å². The van der Waals surface area contributed by atoms with Crippen molar-refractivity contribution in [2.75, 3.05) is 18.4 Å². The number of hydrogen-bond donors (Lipinski definition) is 2. The molecule has 39 heavy (non-hydrogen) atoms. The number of anilines is 1. The summed E-state index contributed by atoms with van der Waals surface area (Å²) < 4.78 is 54.1. The first-order valence-electron chi connectivity index (χ1n) is 13.8. The number of amides is 2. The van der Waals surface area contributed by atoms with Crippen LogP contribution in [0.4, 0.5) is 23.2 Å². The topological polar surface area (TPSA) is 61.4 Å². The van der Waals surface area contributed by atoms with Crippen LogP contribution >= 0.6 is 0 Å². The summed E-state index contributed by atoms with van der Waals surface area (Å²) in [5.74, 6) is -4.85. The largest absolute Gasteiger partial charge is 0.349 e. The molecule has 1 saturated carbocycles. The van der Waals surface area contributed by atoms with Gasteiger partial charge in [-0.3, -0.25) is 9.59 Å². The zero-order valence-corrected chi connectivity index (χ0v) is 22.3. The molecule has 2 amide bonds. The fourth-order valence-electron chi connectivity index (χ4n) is 5.70. The summed E-state index contributed by atoms with van der Waals surface area (Å²) in [7, 11) is 0. The van der Waals surface area contributed by atoms with Crippen LogP contribution in [0.1, 0.15) is 69.9 Å². The molecule has 0 radical (unpaired) electrons. The first kappa shape index (κ1) is 29.1. The van der Waals surface area contributed by atoms with Crippen molar-refractivity contribution >= 4 is 17.5 Å². The molecule has 2 aromatic carbocycles. The summed E-state index contributed by atoms with van der Waals surface area (Å²) in [6.45, 7) is 3.70. The van der Waals surface area contributed by atoms with E-state index in [4.69, 9.17) is 0 Å². The van der Waals surface area contributed by atoms with Gasteiger partial charge in [-0.15, -0.1) is 0 Å². The van der Waals surface area contributed by atoms with Crippen molar-refractivity contribution in [3.8, 4) is 0 Å². The predicted octanol–water partition coefficient (Wildman–Crippen LogP) is 6.47. The van der Waals surface area contributed by atoms with Gasteiger partial charge in [-0.2, -0.15) is 0 Å². The Morgan fingerprint density at radius 1 is 1.00 bits per heavy atom. The van der Waals surface area contributed by atoms with Crippen LogP contribution in [-0.2, 0) is 9.59 Å². The second-order valence-electron chi connectivity index (χ2n) is 11.0. The van der Waals surface area contributed by atoms with E-state index in [1.54, 1.807) is 0 Å². The quantitative estimate of drug-likeness (QED) is 0.354. The van der Waals surface area contributed by atoms with Gasteiger partial charge in [0, 0.05) is 37.3 Å². The summed E-state index contributed by atoms with van der Waals surface area (Å²) in [5.41, 5.74) is 0.960. The number of carbonyl (C=O) groups excluding carboxylic acids is 2. The molecule has 2 aliphatic rings. The number of carbonyl (C=O) groups is 2. The second kappa shape index (κ2) is 12.9. The Morgan fingerprint density at radius 3 is 2.31 bits per heavy atom. The second-order valence-corrected chi connectivity index (χ2v) is 11.0. The average molecular weight is 548 g/mol. The first-order valence-corrected chi connectivity index (χ1v) is 13.8. The monoisotopic (exact) mass is 547 g/mol. The highest BCUT2D eigenvalue weighted by Gasteiger charge is 2.38. The zero-order valence-electron chi connectivity index (χ0n) is 22.3. The van der Waals surface area contributed by atoms with E-state index in [0.717, 1.165) is 43.6 Å². The minimum absolute atomic E-state index is 0.0246. The Morgan fingerprint density at radius 2 is 1.67 bits per heavy atom. The van der Waals surface area contributed by atoms with Crippen molar-refractivity contribution in [2.45, 2.75) is 76.3 Å². The minimum atomic E-state index is -2.67. The number of piperidine rings is 1. The lowest BCUT2D eigenvalue weighted by Gasteiger charge is -2.38. The molecule has 9 heteroatoms.